The van der Waals surface area contributed by atoms with Gasteiger partial charge in [-0.3, -0.25) is 0 Å². The molecule has 0 aliphatic carbocycles. The van der Waals surface area contributed by atoms with E-state index in [0.717, 1.165) is 5.56 Å². The maximum Gasteiger partial charge on any atom is 0.387 e. The maximum absolute atomic E-state index is 12.5. The van der Waals surface area contributed by atoms with Crippen LogP contribution in [0.15, 0.2) is 42.5 Å². The van der Waals surface area contributed by atoms with Crippen molar-refractivity contribution in [2.24, 2.45) is 5.73 Å². The van der Waals surface area contributed by atoms with Gasteiger partial charge in [0.2, 0.25) is 0 Å². The van der Waals surface area contributed by atoms with Gasteiger partial charge in [-0.15, -0.1) is 0 Å². The molecule has 25 heavy (non-hydrogen) atoms. The molecule has 0 heterocycles. The van der Waals surface area contributed by atoms with E-state index in [1.165, 1.54) is 11.6 Å². The predicted octanol–water partition coefficient (Wildman–Crippen LogP) is 5.48. The van der Waals surface area contributed by atoms with Crippen molar-refractivity contribution in [3.63, 3.8) is 0 Å². The number of hydrogen-bond donors (Lipinski definition) is 1. The third kappa shape index (κ3) is 6.70. The molecule has 0 fully saturated rings. The van der Waals surface area contributed by atoms with Crippen LogP contribution in [0, 0.1) is 0 Å². The quantitative estimate of drug-likeness (QED) is 0.719. The van der Waals surface area contributed by atoms with Crippen LogP contribution in [0.1, 0.15) is 50.3 Å². The first-order valence-corrected chi connectivity index (χ1v) is 8.49. The van der Waals surface area contributed by atoms with E-state index in [-0.39, 0.29) is 18.9 Å². The molecule has 138 valence electrons. The van der Waals surface area contributed by atoms with Crippen molar-refractivity contribution < 1.29 is 18.3 Å². The van der Waals surface area contributed by atoms with Gasteiger partial charge in [0.15, 0.2) is 0 Å². The Balaban J connectivity index is 0.00000151. The van der Waals surface area contributed by atoms with Gasteiger partial charge in [0.05, 0.1) is 0 Å². The first-order valence-electron chi connectivity index (χ1n) is 8.49. The molecule has 0 spiro atoms. The third-order valence-electron chi connectivity index (χ3n) is 3.52. The zero-order chi connectivity index (χ0) is 18.8. The van der Waals surface area contributed by atoms with Gasteiger partial charge in [-0.25, -0.2) is 0 Å². The molecule has 0 atom stereocenters. The fraction of sp³-hybridized carbons (Fsp3) is 0.400. The van der Waals surface area contributed by atoms with E-state index in [9.17, 15) is 8.78 Å². The summed E-state index contributed by atoms with van der Waals surface area (Å²) in [5, 5.41) is 0. The van der Waals surface area contributed by atoms with Crippen LogP contribution in [-0.2, 0) is 13.2 Å². The number of hydrogen-bond acceptors (Lipinski definition) is 3. The number of alkyl halides is 2. The summed E-state index contributed by atoms with van der Waals surface area (Å²) < 4.78 is 35.3. The zero-order valence-electron chi connectivity index (χ0n) is 15.3. The highest BCUT2D eigenvalue weighted by molar-refractivity contribution is 5.38. The molecule has 0 aliphatic heterocycles. The van der Waals surface area contributed by atoms with Crippen LogP contribution in [0.25, 0.3) is 0 Å². The van der Waals surface area contributed by atoms with Gasteiger partial charge in [-0.2, -0.15) is 8.78 Å². The van der Waals surface area contributed by atoms with Gasteiger partial charge >= 0.3 is 6.61 Å². The van der Waals surface area contributed by atoms with Gasteiger partial charge in [0.25, 0.3) is 0 Å². The van der Waals surface area contributed by atoms with Crippen LogP contribution >= 0.6 is 0 Å². The predicted molar refractivity (Wildman–Crippen MR) is 97.2 cm³/mol. The van der Waals surface area contributed by atoms with E-state index in [1.807, 2.05) is 38.1 Å². The highest BCUT2D eigenvalue weighted by atomic mass is 19.3. The Bertz CT molecular complexity index is 628. The van der Waals surface area contributed by atoms with Gasteiger partial charge < -0.3 is 15.2 Å². The van der Waals surface area contributed by atoms with E-state index in [2.05, 4.69) is 18.6 Å². The smallest absolute Gasteiger partial charge is 0.387 e. The van der Waals surface area contributed by atoms with Crippen LogP contribution in [0.4, 0.5) is 8.78 Å². The lowest BCUT2D eigenvalue weighted by Crippen LogP contribution is -2.08. The Morgan fingerprint density at radius 3 is 2.16 bits per heavy atom. The monoisotopic (exact) mass is 351 g/mol. The largest absolute Gasteiger partial charge is 0.489 e. The number of nitrogens with two attached hydrogens (primary N) is 1. The Morgan fingerprint density at radius 2 is 1.64 bits per heavy atom. The number of rotatable bonds is 7. The molecule has 2 N–H and O–H groups in total. The highest BCUT2D eigenvalue weighted by Gasteiger charge is 2.11. The minimum Gasteiger partial charge on any atom is -0.489 e. The van der Waals surface area contributed by atoms with Gasteiger partial charge in [-0.05, 0) is 35.2 Å². The molecule has 3 nitrogen and oxygen atoms in total. The Labute approximate surface area is 148 Å². The maximum atomic E-state index is 12.5. The molecule has 0 bridgehead atoms. The second-order valence-electron chi connectivity index (χ2n) is 5.54. The first-order chi connectivity index (χ1) is 12.0. The van der Waals surface area contributed by atoms with E-state index in [4.69, 9.17) is 10.5 Å². The lowest BCUT2D eigenvalue weighted by Gasteiger charge is -2.14. The zero-order valence-corrected chi connectivity index (χ0v) is 15.3. The van der Waals surface area contributed by atoms with E-state index in [0.29, 0.717) is 17.2 Å². The Hall–Kier alpha value is -2.14. The standard InChI is InChI=1S/C18H21F2NO2.C2H6/c1-12(2)14-5-7-16(8-6-14)22-11-15-4-3-13(10-21)9-17(15)23-18(19)20;1-2/h3-9,12,18H,10-11,21H2,1-2H3;1-2H3. The molecule has 0 aromatic heterocycles. The first kappa shape index (κ1) is 20.9. The molecular formula is C20H27F2NO2. The van der Waals surface area contributed by atoms with Crippen LogP contribution in [0.5, 0.6) is 11.5 Å². The average molecular weight is 351 g/mol. The van der Waals surface area contributed by atoms with Crippen molar-refractivity contribution in [3.05, 3.63) is 59.2 Å². The van der Waals surface area contributed by atoms with Gasteiger partial charge in [0, 0.05) is 12.1 Å². The van der Waals surface area contributed by atoms with Crippen LogP contribution in [0.2, 0.25) is 0 Å². The number of ether oxygens (including phenoxy) is 2. The van der Waals surface area contributed by atoms with Gasteiger partial charge in [-0.1, -0.05) is 52.0 Å². The summed E-state index contributed by atoms with van der Waals surface area (Å²) in [6, 6.07) is 12.7. The summed E-state index contributed by atoms with van der Waals surface area (Å²) >= 11 is 0. The molecule has 0 saturated carbocycles. The van der Waals surface area contributed by atoms with E-state index >= 15 is 0 Å². The summed E-state index contributed by atoms with van der Waals surface area (Å²) in [5.74, 6) is 1.22. The summed E-state index contributed by atoms with van der Waals surface area (Å²) in [7, 11) is 0. The summed E-state index contributed by atoms with van der Waals surface area (Å²) in [6.07, 6.45) is 0. The molecule has 0 saturated heterocycles. The normalized spacial score (nSPS) is 10.4. The van der Waals surface area contributed by atoms with Crippen molar-refractivity contribution >= 4 is 0 Å². The molecule has 2 aromatic rings. The fourth-order valence-corrected chi connectivity index (χ4v) is 2.16. The topological polar surface area (TPSA) is 44.5 Å². The molecule has 0 aliphatic rings. The van der Waals surface area contributed by atoms with Crippen molar-refractivity contribution in [2.75, 3.05) is 0 Å². The van der Waals surface area contributed by atoms with Crippen molar-refractivity contribution in [3.8, 4) is 11.5 Å². The van der Waals surface area contributed by atoms with E-state index in [1.54, 1.807) is 12.1 Å². The molecule has 2 aromatic carbocycles. The number of halogens is 2. The summed E-state index contributed by atoms with van der Waals surface area (Å²) in [6.45, 7) is 5.75. The fourth-order valence-electron chi connectivity index (χ4n) is 2.16. The van der Waals surface area contributed by atoms with Crippen LogP contribution in [0.3, 0.4) is 0 Å². The van der Waals surface area contributed by atoms with Gasteiger partial charge in [0.1, 0.15) is 18.1 Å². The lowest BCUT2D eigenvalue weighted by molar-refractivity contribution is -0.0508. The number of benzene rings is 2. The lowest BCUT2D eigenvalue weighted by atomic mass is 10.0. The Kier molecular flexibility index (Phi) is 8.92. The SMILES string of the molecule is CC.CC(C)c1ccc(OCc2ccc(CN)cc2OC(F)F)cc1. The minimum absolute atomic E-state index is 0.0988. The van der Waals surface area contributed by atoms with E-state index < -0.39 is 6.61 Å². The average Bonchev–Trinajstić information content (AvgIpc) is 2.62. The second-order valence-corrected chi connectivity index (χ2v) is 5.54. The van der Waals surface area contributed by atoms with Crippen molar-refractivity contribution in [2.45, 2.75) is 53.4 Å². The van der Waals surface area contributed by atoms with Crippen molar-refractivity contribution in [1.82, 2.24) is 0 Å². The third-order valence-corrected chi connectivity index (χ3v) is 3.52. The molecule has 0 radical (unpaired) electrons. The molecule has 5 heteroatoms. The molecular weight excluding hydrogens is 324 g/mol. The highest BCUT2D eigenvalue weighted by Crippen LogP contribution is 2.25. The minimum atomic E-state index is -2.88. The van der Waals surface area contributed by atoms with Crippen LogP contribution < -0.4 is 15.2 Å². The molecule has 2 rings (SSSR count). The van der Waals surface area contributed by atoms with Crippen LogP contribution in [-0.4, -0.2) is 6.61 Å². The van der Waals surface area contributed by atoms with Crippen molar-refractivity contribution in [1.29, 1.82) is 0 Å². The summed E-state index contributed by atoms with van der Waals surface area (Å²) in [5.41, 5.74) is 8.02. The Morgan fingerprint density at radius 1 is 1.00 bits per heavy atom. The molecule has 0 unspecified atom stereocenters. The summed E-state index contributed by atoms with van der Waals surface area (Å²) in [4.78, 5) is 0. The molecule has 0 amide bonds. The second kappa shape index (κ2) is 10.7.